The minimum atomic E-state index is -0.877. The van der Waals surface area contributed by atoms with Gasteiger partial charge in [0.25, 0.3) is 5.69 Å². The number of hydrogen-bond donors (Lipinski definition) is 1. The van der Waals surface area contributed by atoms with Gasteiger partial charge in [-0.05, 0) is 18.4 Å². The number of amides is 2. The smallest absolute Gasteiger partial charge is 0.272 e. The van der Waals surface area contributed by atoms with E-state index in [0.29, 0.717) is 24.0 Å². The van der Waals surface area contributed by atoms with Crippen LogP contribution >= 0.6 is 0 Å². The number of nitro benzene ring substituents is 1. The number of carbonyl (C=O) groups excluding carboxylic acids is 2. The standard InChI is InChI=1S/C12H10N2O4/c15-10-6-12(11(16)13-10)5-4-7-8(12)2-1-3-9(7)14(17)18/h1-3H,4-6H2,(H,13,15,16)/t12-/m0/s1. The Hall–Kier alpha value is -2.24. The van der Waals surface area contributed by atoms with E-state index in [-0.39, 0.29) is 23.9 Å². The molecule has 3 rings (SSSR count). The van der Waals surface area contributed by atoms with E-state index in [1.807, 2.05) is 0 Å². The summed E-state index contributed by atoms with van der Waals surface area (Å²) in [4.78, 5) is 33.8. The van der Waals surface area contributed by atoms with Gasteiger partial charge >= 0.3 is 0 Å². The van der Waals surface area contributed by atoms with Gasteiger partial charge in [0.05, 0.1) is 10.3 Å². The van der Waals surface area contributed by atoms with Crippen molar-refractivity contribution in [2.75, 3.05) is 0 Å². The van der Waals surface area contributed by atoms with Gasteiger partial charge in [-0.1, -0.05) is 12.1 Å². The average Bonchev–Trinajstić information content (AvgIpc) is 2.82. The van der Waals surface area contributed by atoms with Crippen molar-refractivity contribution in [3.8, 4) is 0 Å². The minimum Gasteiger partial charge on any atom is -0.296 e. The van der Waals surface area contributed by atoms with Crippen molar-refractivity contribution in [1.29, 1.82) is 0 Å². The van der Waals surface area contributed by atoms with Crippen molar-refractivity contribution in [3.05, 3.63) is 39.4 Å². The van der Waals surface area contributed by atoms with Crippen molar-refractivity contribution in [2.24, 2.45) is 0 Å². The molecule has 1 fully saturated rings. The van der Waals surface area contributed by atoms with Crippen LogP contribution in [0.5, 0.6) is 0 Å². The van der Waals surface area contributed by atoms with Gasteiger partial charge in [0.2, 0.25) is 11.8 Å². The molecule has 2 amide bonds. The fraction of sp³-hybridized carbons (Fsp3) is 0.333. The van der Waals surface area contributed by atoms with Crippen molar-refractivity contribution in [3.63, 3.8) is 0 Å². The zero-order valence-corrected chi connectivity index (χ0v) is 9.43. The zero-order valence-electron chi connectivity index (χ0n) is 9.43. The molecule has 1 atom stereocenters. The third-order valence-corrected chi connectivity index (χ3v) is 3.82. The lowest BCUT2D eigenvalue weighted by atomic mass is 9.80. The Bertz CT molecular complexity index is 596. The Morgan fingerprint density at radius 3 is 2.72 bits per heavy atom. The Balaban J connectivity index is 2.19. The van der Waals surface area contributed by atoms with Crippen LogP contribution in [-0.4, -0.2) is 16.7 Å². The highest BCUT2D eigenvalue weighted by atomic mass is 16.6. The Morgan fingerprint density at radius 2 is 2.11 bits per heavy atom. The fourth-order valence-electron chi connectivity index (χ4n) is 2.99. The average molecular weight is 246 g/mol. The second kappa shape index (κ2) is 3.38. The molecule has 1 N–H and O–H groups in total. The molecule has 6 heteroatoms. The molecule has 0 radical (unpaired) electrons. The molecule has 0 bridgehead atoms. The van der Waals surface area contributed by atoms with Gasteiger partial charge in [0.1, 0.15) is 0 Å². The summed E-state index contributed by atoms with van der Waals surface area (Å²) in [7, 11) is 0. The quantitative estimate of drug-likeness (QED) is 0.451. The van der Waals surface area contributed by atoms with E-state index in [2.05, 4.69) is 5.32 Å². The summed E-state index contributed by atoms with van der Waals surface area (Å²) in [5.41, 5.74) is 0.391. The number of nitrogens with one attached hydrogen (secondary N) is 1. The molecular weight excluding hydrogens is 236 g/mol. The molecule has 6 nitrogen and oxygen atoms in total. The van der Waals surface area contributed by atoms with Crippen LogP contribution in [-0.2, 0) is 21.4 Å². The van der Waals surface area contributed by atoms with E-state index < -0.39 is 10.3 Å². The van der Waals surface area contributed by atoms with Gasteiger partial charge in [-0.15, -0.1) is 0 Å². The lowest BCUT2D eigenvalue weighted by molar-refractivity contribution is -0.385. The largest absolute Gasteiger partial charge is 0.296 e. The number of fused-ring (bicyclic) bond motifs is 2. The van der Waals surface area contributed by atoms with Crippen LogP contribution in [0.4, 0.5) is 5.69 Å². The van der Waals surface area contributed by atoms with Crippen LogP contribution in [0, 0.1) is 10.1 Å². The first kappa shape index (κ1) is 10.9. The first-order chi connectivity index (χ1) is 8.54. The highest BCUT2D eigenvalue weighted by molar-refractivity contribution is 6.09. The van der Waals surface area contributed by atoms with Crippen molar-refractivity contribution < 1.29 is 14.5 Å². The molecule has 1 heterocycles. The zero-order chi connectivity index (χ0) is 12.9. The van der Waals surface area contributed by atoms with Crippen molar-refractivity contribution in [1.82, 2.24) is 5.32 Å². The summed E-state index contributed by atoms with van der Waals surface area (Å²) < 4.78 is 0. The van der Waals surface area contributed by atoms with Gasteiger partial charge in [-0.25, -0.2) is 0 Å². The Labute approximate surface area is 102 Å². The molecule has 18 heavy (non-hydrogen) atoms. The molecule has 0 aromatic heterocycles. The topological polar surface area (TPSA) is 89.3 Å². The third-order valence-electron chi connectivity index (χ3n) is 3.82. The van der Waals surface area contributed by atoms with Gasteiger partial charge in [0, 0.05) is 18.1 Å². The molecule has 92 valence electrons. The predicted molar refractivity (Wildman–Crippen MR) is 60.9 cm³/mol. The predicted octanol–water partition coefficient (Wildman–Crippen LogP) is 0.825. The van der Waals surface area contributed by atoms with E-state index in [1.54, 1.807) is 12.1 Å². The van der Waals surface area contributed by atoms with Crippen molar-refractivity contribution in [2.45, 2.75) is 24.7 Å². The summed E-state index contributed by atoms with van der Waals surface area (Å²) in [5, 5.41) is 13.2. The van der Waals surface area contributed by atoms with Gasteiger partial charge < -0.3 is 0 Å². The third kappa shape index (κ3) is 1.23. The van der Waals surface area contributed by atoms with E-state index in [0.717, 1.165) is 0 Å². The lowest BCUT2D eigenvalue weighted by Gasteiger charge is -2.19. The highest BCUT2D eigenvalue weighted by Gasteiger charge is 2.52. The van der Waals surface area contributed by atoms with Crippen LogP contribution in [0.1, 0.15) is 24.0 Å². The number of carbonyl (C=O) groups is 2. The van der Waals surface area contributed by atoms with E-state index in [4.69, 9.17) is 0 Å². The Morgan fingerprint density at radius 1 is 1.33 bits per heavy atom. The van der Waals surface area contributed by atoms with Crippen LogP contribution in [0.15, 0.2) is 18.2 Å². The number of nitro groups is 1. The molecule has 1 saturated heterocycles. The molecule has 0 unspecified atom stereocenters. The first-order valence-corrected chi connectivity index (χ1v) is 5.66. The molecule has 1 aromatic rings. The van der Waals surface area contributed by atoms with E-state index in [9.17, 15) is 19.7 Å². The molecule has 2 aliphatic rings. The number of imide groups is 1. The maximum atomic E-state index is 12.0. The van der Waals surface area contributed by atoms with Crippen LogP contribution in [0.3, 0.4) is 0 Å². The summed E-state index contributed by atoms with van der Waals surface area (Å²) in [5.74, 6) is -0.633. The molecule has 1 aliphatic heterocycles. The number of nitrogens with zero attached hydrogens (tertiary/aromatic N) is 1. The highest BCUT2D eigenvalue weighted by Crippen LogP contribution is 2.46. The summed E-state index contributed by atoms with van der Waals surface area (Å²) in [6, 6.07) is 4.72. The van der Waals surface area contributed by atoms with E-state index >= 15 is 0 Å². The number of benzene rings is 1. The molecule has 1 aromatic carbocycles. The fourth-order valence-corrected chi connectivity index (χ4v) is 2.99. The maximum Gasteiger partial charge on any atom is 0.272 e. The van der Waals surface area contributed by atoms with Crippen molar-refractivity contribution >= 4 is 17.5 Å². The normalized spacial score (nSPS) is 25.3. The second-order valence-electron chi connectivity index (χ2n) is 4.70. The summed E-state index contributed by atoms with van der Waals surface area (Å²) in [6.45, 7) is 0. The minimum absolute atomic E-state index is 0.0384. The van der Waals surface area contributed by atoms with Gasteiger partial charge in [0.15, 0.2) is 0 Å². The lowest BCUT2D eigenvalue weighted by Crippen LogP contribution is -2.33. The summed E-state index contributed by atoms with van der Waals surface area (Å²) in [6.07, 6.45) is 1.03. The first-order valence-electron chi connectivity index (χ1n) is 5.66. The van der Waals surface area contributed by atoms with E-state index in [1.165, 1.54) is 6.07 Å². The molecule has 0 saturated carbocycles. The number of hydrogen-bond acceptors (Lipinski definition) is 4. The SMILES string of the molecule is O=C1C[C@]2(CCc3c([N+](=O)[O-])cccc32)C(=O)N1. The van der Waals surface area contributed by atoms with Gasteiger partial charge in [-0.3, -0.25) is 25.0 Å². The molecule has 1 spiro atoms. The second-order valence-corrected chi connectivity index (χ2v) is 4.70. The monoisotopic (exact) mass is 246 g/mol. The maximum absolute atomic E-state index is 12.0. The molecular formula is C12H10N2O4. The number of rotatable bonds is 1. The Kier molecular flexibility index (Phi) is 2.04. The van der Waals surface area contributed by atoms with Gasteiger partial charge in [-0.2, -0.15) is 0 Å². The van der Waals surface area contributed by atoms with Crippen LogP contribution < -0.4 is 5.32 Å². The van der Waals surface area contributed by atoms with Crippen LogP contribution in [0.2, 0.25) is 0 Å². The van der Waals surface area contributed by atoms with Crippen LogP contribution in [0.25, 0.3) is 0 Å². The molecule has 1 aliphatic carbocycles. The summed E-state index contributed by atoms with van der Waals surface area (Å²) >= 11 is 0.